The predicted molar refractivity (Wildman–Crippen MR) is 160 cm³/mol. The van der Waals surface area contributed by atoms with Gasteiger partial charge in [-0.2, -0.15) is 0 Å². The van der Waals surface area contributed by atoms with Gasteiger partial charge in [0.1, 0.15) is 6.61 Å². The molecule has 41 heavy (non-hydrogen) atoms. The Balaban J connectivity index is 3.94. The number of rotatable bonds is 29. The lowest BCUT2D eigenvalue weighted by Gasteiger charge is -2.18. The Morgan fingerprint density at radius 1 is 0.659 bits per heavy atom. The van der Waals surface area contributed by atoms with Crippen molar-refractivity contribution in [2.75, 3.05) is 19.8 Å². The normalized spacial score (nSPS) is 12.2. The fraction of sp³-hybridized carbons (Fsp3) is 0.900. The van der Waals surface area contributed by atoms with Crippen LogP contribution < -0.4 is 5.32 Å². The summed E-state index contributed by atoms with van der Waals surface area (Å²) in [6.07, 6.45) is 20.1. The fourth-order valence-electron chi connectivity index (χ4n) is 4.45. The van der Waals surface area contributed by atoms with Crippen LogP contribution in [0.3, 0.4) is 0 Å². The van der Waals surface area contributed by atoms with Crippen molar-refractivity contribution < 1.29 is 42.7 Å². The summed E-state index contributed by atoms with van der Waals surface area (Å²) < 4.78 is 26.1. The Morgan fingerprint density at radius 3 is 1.56 bits per heavy atom. The van der Waals surface area contributed by atoms with E-state index >= 15 is 0 Å². The van der Waals surface area contributed by atoms with E-state index in [1.54, 1.807) is 0 Å². The zero-order valence-electron chi connectivity index (χ0n) is 25.7. The highest BCUT2D eigenvalue weighted by molar-refractivity contribution is 7.46. The van der Waals surface area contributed by atoms with Crippen LogP contribution in [0.15, 0.2) is 0 Å². The number of phosphoric acid groups is 1. The molecule has 3 N–H and O–H groups in total. The van der Waals surface area contributed by atoms with E-state index in [9.17, 15) is 18.9 Å². The third-order valence-electron chi connectivity index (χ3n) is 6.82. The molecule has 0 rings (SSSR count). The summed E-state index contributed by atoms with van der Waals surface area (Å²) in [4.78, 5) is 53.1. The molecule has 0 aliphatic heterocycles. The molecule has 11 heteroatoms. The van der Waals surface area contributed by atoms with E-state index in [0.29, 0.717) is 12.8 Å². The Morgan fingerprint density at radius 2 is 1.10 bits per heavy atom. The number of carbonyl (C=O) groups is 3. The summed E-state index contributed by atoms with van der Waals surface area (Å²) in [5.74, 6) is -0.888. The molecule has 0 aromatic rings. The molecular formula is C30H58NO9P. The number of hydrogen-bond donors (Lipinski definition) is 3. The van der Waals surface area contributed by atoms with Gasteiger partial charge in [0.15, 0.2) is 6.10 Å². The average Bonchev–Trinajstić information content (AvgIpc) is 2.91. The molecule has 0 aromatic heterocycles. The summed E-state index contributed by atoms with van der Waals surface area (Å²) in [5.41, 5.74) is 0. The zero-order chi connectivity index (χ0) is 30.6. The van der Waals surface area contributed by atoms with Crippen LogP contribution in [-0.2, 0) is 32.9 Å². The second-order valence-corrected chi connectivity index (χ2v) is 12.2. The number of nitrogens with one attached hydrogen (secondary N) is 1. The first-order valence-corrected chi connectivity index (χ1v) is 17.5. The molecule has 0 unspecified atom stereocenters. The van der Waals surface area contributed by atoms with Crippen molar-refractivity contribution in [1.82, 2.24) is 5.32 Å². The summed E-state index contributed by atoms with van der Waals surface area (Å²) in [7, 11) is -4.74. The van der Waals surface area contributed by atoms with Gasteiger partial charge >= 0.3 is 19.8 Å². The first-order valence-electron chi connectivity index (χ1n) is 15.9. The molecule has 10 nitrogen and oxygen atoms in total. The van der Waals surface area contributed by atoms with E-state index in [1.165, 1.54) is 64.7 Å². The second kappa shape index (κ2) is 27.4. The Hall–Kier alpha value is -1.48. The minimum Gasteiger partial charge on any atom is -0.462 e. The molecule has 0 radical (unpaired) electrons. The minimum absolute atomic E-state index is 0.0313. The summed E-state index contributed by atoms with van der Waals surface area (Å²) in [5, 5.41) is 2.81. The lowest BCUT2D eigenvalue weighted by molar-refractivity contribution is -0.161. The van der Waals surface area contributed by atoms with Crippen LogP contribution in [0, 0.1) is 0 Å². The Labute approximate surface area is 248 Å². The maximum Gasteiger partial charge on any atom is 0.469 e. The average molecular weight is 608 g/mol. The highest BCUT2D eigenvalue weighted by Crippen LogP contribution is 2.35. The number of esters is 2. The highest BCUT2D eigenvalue weighted by atomic mass is 31.2. The van der Waals surface area contributed by atoms with Crippen LogP contribution in [0.5, 0.6) is 0 Å². The first-order chi connectivity index (χ1) is 19.6. The molecule has 0 fully saturated rings. The molecule has 1 amide bonds. The van der Waals surface area contributed by atoms with Crippen LogP contribution in [0.2, 0.25) is 0 Å². The van der Waals surface area contributed by atoms with Gasteiger partial charge in [-0.15, -0.1) is 0 Å². The third kappa shape index (κ3) is 31.3. The van der Waals surface area contributed by atoms with E-state index in [2.05, 4.69) is 16.8 Å². The number of ether oxygens (including phenoxy) is 2. The molecule has 0 spiro atoms. The molecule has 0 saturated carbocycles. The number of phosphoric ester groups is 1. The van der Waals surface area contributed by atoms with E-state index in [-0.39, 0.29) is 25.4 Å². The third-order valence-corrected chi connectivity index (χ3v) is 7.31. The highest BCUT2D eigenvalue weighted by Gasteiger charge is 2.22. The van der Waals surface area contributed by atoms with Crippen LogP contribution in [-0.4, -0.2) is 53.5 Å². The molecule has 0 heterocycles. The van der Waals surface area contributed by atoms with Crippen molar-refractivity contribution in [3.63, 3.8) is 0 Å². The van der Waals surface area contributed by atoms with E-state index < -0.39 is 32.5 Å². The number of amides is 1. The molecule has 0 saturated heterocycles. The fourth-order valence-corrected chi connectivity index (χ4v) is 4.81. The van der Waals surface area contributed by atoms with Gasteiger partial charge in [0.2, 0.25) is 5.91 Å². The standard InChI is InChI=1S/C30H58NO9P/c1-3-4-5-6-7-13-17-20-23-30(34)40-28(26-39-41(35,36)37)25-38-29(33)22-19-16-14-11-9-8-10-12-15-18-21-24-31-27(2)32/h28H,3-26H2,1-2H3,(H,31,32)(H2,35,36,37)/t28-/m0/s1. The lowest BCUT2D eigenvalue weighted by Crippen LogP contribution is -2.29. The van der Waals surface area contributed by atoms with Gasteiger partial charge in [0.25, 0.3) is 0 Å². The van der Waals surface area contributed by atoms with Gasteiger partial charge in [-0.1, -0.05) is 110 Å². The largest absolute Gasteiger partial charge is 0.469 e. The maximum absolute atomic E-state index is 12.2. The summed E-state index contributed by atoms with van der Waals surface area (Å²) in [6.45, 7) is 3.65. The van der Waals surface area contributed by atoms with Gasteiger partial charge in [-0.25, -0.2) is 4.57 Å². The van der Waals surface area contributed by atoms with E-state index in [1.807, 2.05) is 0 Å². The Bertz CT molecular complexity index is 714. The van der Waals surface area contributed by atoms with Gasteiger partial charge in [0.05, 0.1) is 6.61 Å². The molecule has 0 aliphatic carbocycles. The first kappa shape index (κ1) is 39.5. The minimum atomic E-state index is -4.74. The Kier molecular flexibility index (Phi) is 26.4. The van der Waals surface area contributed by atoms with Crippen molar-refractivity contribution in [1.29, 1.82) is 0 Å². The number of carbonyl (C=O) groups excluding carboxylic acids is 3. The van der Waals surface area contributed by atoms with Crippen LogP contribution in [0.4, 0.5) is 0 Å². The van der Waals surface area contributed by atoms with Crippen LogP contribution in [0.25, 0.3) is 0 Å². The second-order valence-electron chi connectivity index (χ2n) is 10.9. The monoisotopic (exact) mass is 607 g/mol. The van der Waals surface area contributed by atoms with Crippen LogP contribution in [0.1, 0.15) is 149 Å². The lowest BCUT2D eigenvalue weighted by atomic mass is 10.1. The topological polar surface area (TPSA) is 148 Å². The quantitative estimate of drug-likeness (QED) is 0.0469. The van der Waals surface area contributed by atoms with Crippen molar-refractivity contribution >= 4 is 25.7 Å². The predicted octanol–water partition coefficient (Wildman–Crippen LogP) is 6.90. The smallest absolute Gasteiger partial charge is 0.462 e. The van der Waals surface area contributed by atoms with E-state index in [4.69, 9.17) is 19.3 Å². The van der Waals surface area contributed by atoms with Gasteiger partial charge in [-0.05, 0) is 19.3 Å². The molecule has 0 aromatic carbocycles. The number of hydrogen-bond acceptors (Lipinski definition) is 7. The van der Waals surface area contributed by atoms with Gasteiger partial charge < -0.3 is 24.6 Å². The van der Waals surface area contributed by atoms with Gasteiger partial charge in [-0.3, -0.25) is 18.9 Å². The van der Waals surface area contributed by atoms with Gasteiger partial charge in [0, 0.05) is 26.3 Å². The molecule has 0 bridgehead atoms. The zero-order valence-corrected chi connectivity index (χ0v) is 26.6. The molecule has 242 valence electrons. The molecule has 0 aliphatic rings. The van der Waals surface area contributed by atoms with Crippen molar-refractivity contribution in [2.45, 2.75) is 155 Å². The number of unbranched alkanes of at least 4 members (excludes halogenated alkanes) is 17. The summed E-state index contributed by atoms with van der Waals surface area (Å²) in [6, 6.07) is 0. The SMILES string of the molecule is CCCCCCCCCCC(=O)O[C@@H](COC(=O)CCCCCCCCCCCCCNC(C)=O)COP(=O)(O)O. The molecular weight excluding hydrogens is 549 g/mol. The molecule has 1 atom stereocenters. The van der Waals surface area contributed by atoms with Crippen molar-refractivity contribution in [3.8, 4) is 0 Å². The van der Waals surface area contributed by atoms with Crippen LogP contribution >= 0.6 is 7.82 Å². The maximum atomic E-state index is 12.2. The summed E-state index contributed by atoms with van der Waals surface area (Å²) >= 11 is 0. The van der Waals surface area contributed by atoms with E-state index in [0.717, 1.165) is 57.9 Å². The van der Waals surface area contributed by atoms with Crippen molar-refractivity contribution in [2.24, 2.45) is 0 Å². The van der Waals surface area contributed by atoms with Crippen molar-refractivity contribution in [3.05, 3.63) is 0 Å².